The number of rotatable bonds is 2. The summed E-state index contributed by atoms with van der Waals surface area (Å²) in [4.78, 5) is 0. The van der Waals surface area contributed by atoms with E-state index in [4.69, 9.17) is 4.74 Å². The lowest BCUT2D eigenvalue weighted by atomic mass is 9.50. The molecule has 2 heteroatoms. The molecule has 1 aliphatic heterocycles. The van der Waals surface area contributed by atoms with Crippen LogP contribution in [0.1, 0.15) is 48.0 Å². The molecule has 1 heterocycles. The van der Waals surface area contributed by atoms with Crippen LogP contribution in [0.25, 0.3) is 0 Å². The van der Waals surface area contributed by atoms with Gasteiger partial charge in [0.2, 0.25) is 0 Å². The zero-order chi connectivity index (χ0) is 10.3. The van der Waals surface area contributed by atoms with Gasteiger partial charge >= 0.3 is 0 Å². The Morgan fingerprint density at radius 3 is 2.08 bits per heavy atom. The highest BCUT2D eigenvalue weighted by atomic mass is 16.5. The summed E-state index contributed by atoms with van der Waals surface area (Å²) in [5.41, 5.74) is 0.423. The van der Waals surface area contributed by atoms with Crippen LogP contribution in [0.3, 0.4) is 0 Å². The lowest BCUT2D eigenvalue weighted by Crippen LogP contribution is -2.24. The molecular weight excluding hydrogens is 159 g/mol. The van der Waals surface area contributed by atoms with E-state index in [2.05, 4.69) is 41.5 Å². The van der Waals surface area contributed by atoms with Crippen molar-refractivity contribution < 1.29 is 4.74 Å². The Bertz CT molecular complexity index is 169. The molecule has 0 amide bonds. The molecule has 76 valence electrons. The van der Waals surface area contributed by atoms with E-state index in [-0.39, 0.29) is 0 Å². The van der Waals surface area contributed by atoms with Gasteiger partial charge in [-0.05, 0) is 25.7 Å². The first kappa shape index (κ1) is 11.1. The molecule has 1 unspecified atom stereocenters. The Labute approximate surface area is 83.5 Å². The summed E-state index contributed by atoms with van der Waals surface area (Å²) in [6, 6.07) is 0.477. The van der Waals surface area contributed by atoms with E-state index >= 15 is 0 Å². The van der Waals surface area contributed by atoms with Gasteiger partial charge in [-0.2, -0.15) is 0 Å². The van der Waals surface area contributed by atoms with Gasteiger partial charge < -0.3 is 4.74 Å². The molecule has 1 nitrogen and oxygen atoms in total. The predicted octanol–water partition coefficient (Wildman–Crippen LogP) is 2.80. The molecule has 1 aliphatic rings. The molecule has 0 saturated carbocycles. The topological polar surface area (TPSA) is 9.23 Å². The fourth-order valence-corrected chi connectivity index (χ4v) is 2.24. The zero-order valence-electron chi connectivity index (χ0n) is 9.98. The van der Waals surface area contributed by atoms with E-state index in [0.29, 0.717) is 22.8 Å². The Balaban J connectivity index is 2.60. The maximum atomic E-state index is 5.88. The highest BCUT2D eigenvalue weighted by molar-refractivity contribution is 6.43. The zero-order valence-corrected chi connectivity index (χ0v) is 9.98. The summed E-state index contributed by atoms with van der Waals surface area (Å²) in [5.74, 6) is 0. The number of ether oxygens (including phenoxy) is 1. The van der Waals surface area contributed by atoms with Crippen molar-refractivity contribution in [3.63, 3.8) is 0 Å². The van der Waals surface area contributed by atoms with Crippen molar-refractivity contribution in [2.45, 2.75) is 65.4 Å². The summed E-state index contributed by atoms with van der Waals surface area (Å²) >= 11 is 0. The number of hydrogen-bond acceptors (Lipinski definition) is 1. The Morgan fingerprint density at radius 1 is 1.23 bits per heavy atom. The van der Waals surface area contributed by atoms with E-state index in [9.17, 15) is 0 Å². The summed E-state index contributed by atoms with van der Waals surface area (Å²) < 4.78 is 5.88. The van der Waals surface area contributed by atoms with Crippen LogP contribution in [0, 0.1) is 5.41 Å². The molecule has 1 saturated heterocycles. The lowest BCUT2D eigenvalue weighted by Gasteiger charge is -2.34. The quantitative estimate of drug-likeness (QED) is 0.596. The minimum atomic E-state index is 0.370. The van der Waals surface area contributed by atoms with Crippen molar-refractivity contribution in [3.8, 4) is 0 Å². The maximum Gasteiger partial charge on any atom is 0.164 e. The van der Waals surface area contributed by atoms with Gasteiger partial charge in [0.05, 0.1) is 6.10 Å². The van der Waals surface area contributed by atoms with Gasteiger partial charge in [0.15, 0.2) is 7.28 Å². The standard InChI is InChI=1S/C11H23BO/c1-8(2)13-9-7-10(3,4)11(5,6)12-9/h8-9,12H,7H2,1-6H3. The molecule has 1 atom stereocenters. The molecule has 0 aliphatic carbocycles. The molecule has 13 heavy (non-hydrogen) atoms. The molecule has 0 bridgehead atoms. The largest absolute Gasteiger partial charge is 0.384 e. The van der Waals surface area contributed by atoms with Crippen LogP contribution in [-0.4, -0.2) is 19.4 Å². The second-order valence-corrected chi connectivity index (χ2v) is 5.98. The first-order valence-electron chi connectivity index (χ1n) is 5.40. The smallest absolute Gasteiger partial charge is 0.164 e. The van der Waals surface area contributed by atoms with Gasteiger partial charge in [0.1, 0.15) is 0 Å². The molecule has 0 aromatic heterocycles. The van der Waals surface area contributed by atoms with Gasteiger partial charge in [-0.1, -0.05) is 33.0 Å². The van der Waals surface area contributed by atoms with Crippen molar-refractivity contribution in [3.05, 3.63) is 0 Å². The van der Waals surface area contributed by atoms with E-state index in [0.717, 1.165) is 0 Å². The van der Waals surface area contributed by atoms with Crippen LogP contribution in [0.15, 0.2) is 0 Å². The first-order chi connectivity index (χ1) is 5.74. The Kier molecular flexibility index (Phi) is 2.82. The molecule has 1 rings (SSSR count). The first-order valence-corrected chi connectivity index (χ1v) is 5.40. The highest BCUT2D eigenvalue weighted by Gasteiger charge is 2.47. The maximum absolute atomic E-state index is 5.88. The van der Waals surface area contributed by atoms with Crippen LogP contribution >= 0.6 is 0 Å². The van der Waals surface area contributed by atoms with Gasteiger partial charge in [-0.25, -0.2) is 0 Å². The average Bonchev–Trinajstić information content (AvgIpc) is 1.98. The fraction of sp³-hybridized carbons (Fsp3) is 1.00. The Morgan fingerprint density at radius 2 is 1.77 bits per heavy atom. The van der Waals surface area contributed by atoms with Crippen LogP contribution in [0.4, 0.5) is 0 Å². The normalized spacial score (nSPS) is 30.5. The van der Waals surface area contributed by atoms with Crippen molar-refractivity contribution >= 4 is 7.28 Å². The fourth-order valence-electron chi connectivity index (χ4n) is 2.24. The predicted molar refractivity (Wildman–Crippen MR) is 59.6 cm³/mol. The molecule has 0 aromatic rings. The van der Waals surface area contributed by atoms with Gasteiger partial charge in [0.25, 0.3) is 0 Å². The van der Waals surface area contributed by atoms with E-state index < -0.39 is 0 Å². The lowest BCUT2D eigenvalue weighted by molar-refractivity contribution is 0.0388. The van der Waals surface area contributed by atoms with Gasteiger partial charge in [-0.3, -0.25) is 0 Å². The minimum Gasteiger partial charge on any atom is -0.384 e. The SMILES string of the molecule is CC(C)OC1BC(C)(C)C(C)(C)C1. The van der Waals surface area contributed by atoms with Crippen LogP contribution in [-0.2, 0) is 4.74 Å². The summed E-state index contributed by atoms with van der Waals surface area (Å²) in [5, 5.41) is 0.423. The van der Waals surface area contributed by atoms with Crippen molar-refractivity contribution in [1.29, 1.82) is 0 Å². The van der Waals surface area contributed by atoms with Crippen molar-refractivity contribution in [2.24, 2.45) is 5.41 Å². The van der Waals surface area contributed by atoms with Crippen LogP contribution in [0.2, 0.25) is 5.31 Å². The molecule has 1 fully saturated rings. The summed E-state index contributed by atoms with van der Waals surface area (Å²) in [7, 11) is 1.21. The third-order valence-corrected chi connectivity index (χ3v) is 3.77. The van der Waals surface area contributed by atoms with Crippen molar-refractivity contribution in [2.75, 3.05) is 0 Å². The second kappa shape index (κ2) is 3.31. The van der Waals surface area contributed by atoms with E-state index in [1.165, 1.54) is 13.7 Å². The minimum absolute atomic E-state index is 0.370. The third kappa shape index (κ3) is 2.28. The Hall–Kier alpha value is 0.0249. The average molecular weight is 182 g/mol. The van der Waals surface area contributed by atoms with Gasteiger partial charge in [0, 0.05) is 6.00 Å². The van der Waals surface area contributed by atoms with Crippen LogP contribution in [0.5, 0.6) is 0 Å². The monoisotopic (exact) mass is 182 g/mol. The molecule has 0 aromatic carbocycles. The van der Waals surface area contributed by atoms with Crippen LogP contribution < -0.4 is 0 Å². The summed E-state index contributed by atoms with van der Waals surface area (Å²) in [6.07, 6.45) is 1.58. The van der Waals surface area contributed by atoms with Gasteiger partial charge in [-0.15, -0.1) is 0 Å². The second-order valence-electron chi connectivity index (χ2n) is 5.98. The van der Waals surface area contributed by atoms with E-state index in [1.807, 2.05) is 0 Å². The molecule has 0 spiro atoms. The molecule has 0 radical (unpaired) electrons. The summed E-state index contributed by atoms with van der Waals surface area (Å²) in [6.45, 7) is 13.7. The van der Waals surface area contributed by atoms with Crippen molar-refractivity contribution in [1.82, 2.24) is 0 Å². The molecule has 0 N–H and O–H groups in total. The highest BCUT2D eigenvalue weighted by Crippen LogP contribution is 2.53. The van der Waals surface area contributed by atoms with E-state index in [1.54, 1.807) is 0 Å². The molecular formula is C11H23BO. The third-order valence-electron chi connectivity index (χ3n) is 3.77. The number of hydrogen-bond donors (Lipinski definition) is 0.